The van der Waals surface area contributed by atoms with Gasteiger partial charge in [0.25, 0.3) is 0 Å². The first kappa shape index (κ1) is 12.5. The van der Waals surface area contributed by atoms with E-state index in [1.54, 1.807) is 11.3 Å². The number of nitrogens with zero attached hydrogens (tertiary/aromatic N) is 3. The van der Waals surface area contributed by atoms with E-state index < -0.39 is 0 Å². The summed E-state index contributed by atoms with van der Waals surface area (Å²) in [5.41, 5.74) is 1.04. The van der Waals surface area contributed by atoms with Gasteiger partial charge in [-0.1, -0.05) is 5.16 Å². The van der Waals surface area contributed by atoms with Crippen LogP contribution >= 0.6 is 11.3 Å². The average Bonchev–Trinajstić information content (AvgIpc) is 3.18. The van der Waals surface area contributed by atoms with Crippen molar-refractivity contribution >= 4 is 11.3 Å². The molecule has 2 aromatic rings. The van der Waals surface area contributed by atoms with Gasteiger partial charge in [-0.3, -0.25) is 4.90 Å². The van der Waals surface area contributed by atoms with Gasteiger partial charge in [0.15, 0.2) is 0 Å². The summed E-state index contributed by atoms with van der Waals surface area (Å²) in [5, 5.41) is 11.8. The van der Waals surface area contributed by atoms with Crippen LogP contribution in [0.1, 0.15) is 18.7 Å². The van der Waals surface area contributed by atoms with Gasteiger partial charge < -0.3 is 9.84 Å². The van der Waals surface area contributed by atoms with Crippen molar-refractivity contribution in [2.75, 3.05) is 19.6 Å². The lowest BCUT2D eigenvalue weighted by molar-refractivity contribution is 0.259. The van der Waals surface area contributed by atoms with Crippen LogP contribution in [0.4, 0.5) is 0 Å². The molecule has 2 aliphatic heterocycles. The molecule has 2 aliphatic rings. The molecule has 0 bridgehead atoms. The van der Waals surface area contributed by atoms with E-state index in [-0.39, 0.29) is 0 Å². The molecule has 0 spiro atoms. The smallest absolute Gasteiger partial charge is 0.241 e. The molecule has 0 radical (unpaired) electrons. The minimum Gasteiger partial charge on any atom is -0.338 e. The second-order valence-corrected chi connectivity index (χ2v) is 6.46. The molecule has 4 heterocycles. The Hall–Kier alpha value is -1.24. The summed E-state index contributed by atoms with van der Waals surface area (Å²) >= 11 is 1.65. The Bertz CT molecular complexity index is 554. The van der Waals surface area contributed by atoms with Gasteiger partial charge in [0.2, 0.25) is 11.7 Å². The molecule has 0 saturated carbocycles. The summed E-state index contributed by atoms with van der Waals surface area (Å²) < 4.78 is 5.39. The number of hydrogen-bond donors (Lipinski definition) is 1. The van der Waals surface area contributed by atoms with Crippen LogP contribution in [0.5, 0.6) is 0 Å². The minimum atomic E-state index is 0.656. The summed E-state index contributed by atoms with van der Waals surface area (Å²) in [6.45, 7) is 4.18. The summed E-state index contributed by atoms with van der Waals surface area (Å²) in [5.74, 6) is 2.23. The van der Waals surface area contributed by atoms with Gasteiger partial charge in [-0.25, -0.2) is 0 Å². The number of hydrogen-bond acceptors (Lipinski definition) is 6. The number of likely N-dealkylation sites (tertiary alicyclic amines) is 1. The number of nitrogens with one attached hydrogen (secondary N) is 1. The van der Waals surface area contributed by atoms with Gasteiger partial charge in [-0.2, -0.15) is 16.3 Å². The first-order valence-electron chi connectivity index (χ1n) is 7.19. The predicted molar refractivity (Wildman–Crippen MR) is 77.4 cm³/mol. The highest BCUT2D eigenvalue weighted by molar-refractivity contribution is 7.08. The van der Waals surface area contributed by atoms with Crippen LogP contribution < -0.4 is 5.32 Å². The molecule has 2 atom stereocenters. The van der Waals surface area contributed by atoms with Gasteiger partial charge in [0.1, 0.15) is 0 Å². The van der Waals surface area contributed by atoms with Crippen molar-refractivity contribution in [3.05, 3.63) is 22.7 Å². The second-order valence-electron chi connectivity index (χ2n) is 5.68. The lowest BCUT2D eigenvalue weighted by atomic mass is 9.94. The largest absolute Gasteiger partial charge is 0.338 e. The minimum absolute atomic E-state index is 0.656. The van der Waals surface area contributed by atoms with Gasteiger partial charge in [-0.05, 0) is 36.8 Å². The fourth-order valence-corrected chi connectivity index (χ4v) is 3.92. The molecule has 0 aromatic carbocycles. The van der Waals surface area contributed by atoms with Crippen LogP contribution in [-0.4, -0.2) is 40.7 Å². The SMILES string of the molecule is c1cc(-c2noc(CN3C[C@@H]4CCCN[C@@H]4C3)n2)cs1. The number of piperidine rings is 1. The topological polar surface area (TPSA) is 54.2 Å². The van der Waals surface area contributed by atoms with Crippen molar-refractivity contribution in [2.24, 2.45) is 5.92 Å². The van der Waals surface area contributed by atoms with Gasteiger partial charge >= 0.3 is 0 Å². The van der Waals surface area contributed by atoms with Crippen molar-refractivity contribution in [3.63, 3.8) is 0 Å². The normalized spacial score (nSPS) is 26.8. The highest BCUT2D eigenvalue weighted by Crippen LogP contribution is 2.26. The third-order valence-electron chi connectivity index (χ3n) is 4.28. The van der Waals surface area contributed by atoms with Crippen LogP contribution in [0, 0.1) is 5.92 Å². The standard InChI is InChI=1S/C14H18N4OS/c1-2-10-6-18(7-12(10)15-4-1)8-13-16-14(17-19-13)11-3-5-20-9-11/h3,5,9-10,12,15H,1-2,4,6-8H2/t10-,12+/m0/s1. The van der Waals surface area contributed by atoms with Crippen LogP contribution in [0.25, 0.3) is 11.4 Å². The molecule has 6 heteroatoms. The van der Waals surface area contributed by atoms with E-state index in [1.807, 2.05) is 16.8 Å². The molecule has 2 saturated heterocycles. The third kappa shape index (κ3) is 2.39. The van der Waals surface area contributed by atoms with E-state index in [0.29, 0.717) is 11.9 Å². The molecular formula is C14H18N4OS. The van der Waals surface area contributed by atoms with E-state index in [9.17, 15) is 0 Å². The molecular weight excluding hydrogens is 272 g/mol. The Labute approximate surface area is 122 Å². The average molecular weight is 290 g/mol. The van der Waals surface area contributed by atoms with Crippen LogP contribution in [0.15, 0.2) is 21.3 Å². The van der Waals surface area contributed by atoms with E-state index >= 15 is 0 Å². The first-order valence-corrected chi connectivity index (χ1v) is 8.13. The van der Waals surface area contributed by atoms with E-state index in [4.69, 9.17) is 4.52 Å². The summed E-state index contributed by atoms with van der Waals surface area (Å²) in [6.07, 6.45) is 2.65. The van der Waals surface area contributed by atoms with Crippen LogP contribution in [0.2, 0.25) is 0 Å². The molecule has 20 heavy (non-hydrogen) atoms. The maximum atomic E-state index is 5.39. The van der Waals surface area contributed by atoms with Gasteiger partial charge in [0.05, 0.1) is 6.54 Å². The van der Waals surface area contributed by atoms with Gasteiger partial charge in [-0.15, -0.1) is 0 Å². The fourth-order valence-electron chi connectivity index (χ4n) is 3.28. The third-order valence-corrected chi connectivity index (χ3v) is 4.96. The second kappa shape index (κ2) is 5.27. The van der Waals surface area contributed by atoms with Crippen molar-refractivity contribution in [1.29, 1.82) is 0 Å². The highest BCUT2D eigenvalue weighted by atomic mass is 32.1. The molecule has 2 aromatic heterocycles. The maximum Gasteiger partial charge on any atom is 0.241 e. The Morgan fingerprint density at radius 2 is 2.45 bits per heavy atom. The number of fused-ring (bicyclic) bond motifs is 1. The fraction of sp³-hybridized carbons (Fsp3) is 0.571. The zero-order valence-corrected chi connectivity index (χ0v) is 12.1. The Morgan fingerprint density at radius 1 is 1.45 bits per heavy atom. The van der Waals surface area contributed by atoms with E-state index in [1.165, 1.54) is 12.8 Å². The van der Waals surface area contributed by atoms with Crippen molar-refractivity contribution in [2.45, 2.75) is 25.4 Å². The zero-order valence-electron chi connectivity index (χ0n) is 11.3. The lowest BCUT2D eigenvalue weighted by Gasteiger charge is -2.24. The molecule has 106 valence electrons. The van der Waals surface area contributed by atoms with Crippen LogP contribution in [0.3, 0.4) is 0 Å². The summed E-state index contributed by atoms with van der Waals surface area (Å²) in [6, 6.07) is 2.68. The molecule has 0 amide bonds. The molecule has 1 N–H and O–H groups in total. The summed E-state index contributed by atoms with van der Waals surface area (Å²) in [7, 11) is 0. The van der Waals surface area contributed by atoms with Crippen LogP contribution in [-0.2, 0) is 6.54 Å². The first-order chi connectivity index (χ1) is 9.88. The maximum absolute atomic E-state index is 5.39. The number of aromatic nitrogens is 2. The molecule has 0 aliphatic carbocycles. The van der Waals surface area contributed by atoms with Crippen molar-refractivity contribution < 1.29 is 4.52 Å². The van der Waals surface area contributed by atoms with E-state index in [0.717, 1.165) is 43.6 Å². The van der Waals surface area contributed by atoms with Gasteiger partial charge in [0, 0.05) is 30.1 Å². The molecule has 4 rings (SSSR count). The quantitative estimate of drug-likeness (QED) is 0.937. The Balaban J connectivity index is 1.42. The van der Waals surface area contributed by atoms with Crippen molar-refractivity contribution in [1.82, 2.24) is 20.4 Å². The monoisotopic (exact) mass is 290 g/mol. The zero-order chi connectivity index (χ0) is 13.4. The molecule has 0 unspecified atom stereocenters. The Kier molecular flexibility index (Phi) is 3.29. The molecule has 5 nitrogen and oxygen atoms in total. The predicted octanol–water partition coefficient (Wildman–Crippen LogP) is 1.98. The highest BCUT2D eigenvalue weighted by Gasteiger charge is 2.34. The molecule has 2 fully saturated rings. The van der Waals surface area contributed by atoms with E-state index in [2.05, 4.69) is 20.4 Å². The van der Waals surface area contributed by atoms with Crippen molar-refractivity contribution in [3.8, 4) is 11.4 Å². The number of thiophene rings is 1. The summed E-state index contributed by atoms with van der Waals surface area (Å²) in [4.78, 5) is 6.93. The number of rotatable bonds is 3. The Morgan fingerprint density at radius 3 is 3.30 bits per heavy atom. The lowest BCUT2D eigenvalue weighted by Crippen LogP contribution is -2.40.